The number of rotatable bonds is 2. The molecule has 9 nitrogen and oxygen atoms in total. The van der Waals surface area contributed by atoms with Gasteiger partial charge in [-0.2, -0.15) is 0 Å². The number of morpholine rings is 1. The maximum Gasteiger partial charge on any atom is 0.261 e. The zero-order valence-electron chi connectivity index (χ0n) is 15.2. The van der Waals surface area contributed by atoms with Gasteiger partial charge < -0.3 is 19.6 Å². The van der Waals surface area contributed by atoms with Gasteiger partial charge in [0.05, 0.1) is 30.3 Å². The Kier molecular flexibility index (Phi) is 4.22. The Morgan fingerprint density at radius 1 is 1.00 bits per heavy atom. The number of nitrogens with one attached hydrogen (secondary N) is 3. The second kappa shape index (κ2) is 6.90. The quantitative estimate of drug-likeness (QED) is 0.341. The Hall–Kier alpha value is -3.37. The van der Waals surface area contributed by atoms with E-state index >= 15 is 0 Å². The highest BCUT2D eigenvalue weighted by molar-refractivity contribution is 7.71. The first kappa shape index (κ1) is 17.7. The van der Waals surface area contributed by atoms with Crippen LogP contribution in [0.25, 0.3) is 33.2 Å². The molecule has 10 heteroatoms. The molecule has 1 saturated heterocycles. The average Bonchev–Trinajstić information content (AvgIpc) is 2.73. The van der Waals surface area contributed by atoms with Crippen LogP contribution in [0.3, 0.4) is 0 Å². The number of aromatic nitrogens is 5. The number of ether oxygens (including phenoxy) is 1. The first-order chi connectivity index (χ1) is 14.1. The van der Waals surface area contributed by atoms with Gasteiger partial charge in [-0.15, -0.1) is 0 Å². The normalized spacial score (nSPS) is 14.6. The lowest BCUT2D eigenvalue weighted by Crippen LogP contribution is -2.36. The molecule has 0 unspecified atom stereocenters. The van der Waals surface area contributed by atoms with Crippen LogP contribution in [-0.2, 0) is 4.74 Å². The van der Waals surface area contributed by atoms with E-state index in [0.717, 1.165) is 18.8 Å². The van der Waals surface area contributed by atoms with Crippen LogP contribution in [0.2, 0.25) is 0 Å². The first-order valence-electron chi connectivity index (χ1n) is 9.08. The van der Waals surface area contributed by atoms with Crippen molar-refractivity contribution in [3.05, 3.63) is 56.1 Å². The molecule has 0 spiro atoms. The molecule has 29 heavy (non-hydrogen) atoms. The largest absolute Gasteiger partial charge is 0.378 e. The number of fused-ring (bicyclic) bond motifs is 2. The van der Waals surface area contributed by atoms with Gasteiger partial charge >= 0.3 is 0 Å². The van der Waals surface area contributed by atoms with E-state index in [1.54, 1.807) is 0 Å². The summed E-state index contributed by atoms with van der Waals surface area (Å²) in [7, 11) is 0. The molecule has 1 aliphatic heterocycles. The molecule has 3 N–H and O–H groups in total. The van der Waals surface area contributed by atoms with E-state index in [-0.39, 0.29) is 32.4 Å². The fraction of sp³-hybridized carbons (Fsp3) is 0.211. The van der Waals surface area contributed by atoms with E-state index in [2.05, 4.69) is 29.8 Å². The van der Waals surface area contributed by atoms with Crippen LogP contribution in [0.5, 0.6) is 0 Å². The summed E-state index contributed by atoms with van der Waals surface area (Å²) >= 11 is 5.07. The minimum atomic E-state index is -0.409. The van der Waals surface area contributed by atoms with Crippen molar-refractivity contribution < 1.29 is 4.74 Å². The molecule has 4 aromatic rings. The minimum absolute atomic E-state index is 0.160. The van der Waals surface area contributed by atoms with Crippen molar-refractivity contribution in [1.82, 2.24) is 24.9 Å². The Labute approximate surface area is 168 Å². The van der Waals surface area contributed by atoms with Gasteiger partial charge in [-0.25, -0.2) is 9.97 Å². The minimum Gasteiger partial charge on any atom is -0.378 e. The number of anilines is 1. The predicted molar refractivity (Wildman–Crippen MR) is 112 cm³/mol. The van der Waals surface area contributed by atoms with Crippen molar-refractivity contribution in [3.8, 4) is 11.1 Å². The molecule has 0 radical (unpaired) electrons. The monoisotopic (exact) mass is 408 g/mol. The molecule has 1 aliphatic rings. The number of hydrogen-bond acceptors (Lipinski definition) is 7. The molecule has 3 aromatic heterocycles. The fourth-order valence-electron chi connectivity index (χ4n) is 3.67. The smallest absolute Gasteiger partial charge is 0.261 e. The maximum atomic E-state index is 12.7. The molecular formula is C19H16N6O3S. The summed E-state index contributed by atoms with van der Waals surface area (Å²) in [4.78, 5) is 44.1. The van der Waals surface area contributed by atoms with E-state index in [9.17, 15) is 9.59 Å². The predicted octanol–water partition coefficient (Wildman–Crippen LogP) is 1.72. The summed E-state index contributed by atoms with van der Waals surface area (Å²) in [5.74, 6) is 0. The summed E-state index contributed by atoms with van der Waals surface area (Å²) in [5, 5.41) is 0.527. The van der Waals surface area contributed by atoms with Crippen molar-refractivity contribution in [1.29, 1.82) is 0 Å². The number of nitrogens with zero attached hydrogens (tertiary/aromatic N) is 3. The summed E-state index contributed by atoms with van der Waals surface area (Å²) in [6, 6.07) is 7.74. The standard InChI is InChI=1S/C19H16N6O3S/c26-17-13-12(10-1-3-11(4-2-10)25-5-7-28-8-6-25)14-16(22-15(13)20-9-21-17)23-19(29)24-18(14)27/h1-4,9H,5-8H2,(H3,20,21,22,23,24,26,27,29). The lowest BCUT2D eigenvalue weighted by molar-refractivity contribution is 0.122. The summed E-state index contributed by atoms with van der Waals surface area (Å²) in [6.45, 7) is 3.02. The SMILES string of the molecule is O=c1[nH]cnc2nc3[nH]c(=S)[nH]c(=O)c3c(-c3ccc(N4CCOCC4)cc3)c12. The third-order valence-corrected chi connectivity index (χ3v) is 5.21. The fourth-order valence-corrected chi connectivity index (χ4v) is 3.86. The van der Waals surface area contributed by atoms with E-state index < -0.39 is 5.56 Å². The first-order valence-corrected chi connectivity index (χ1v) is 9.49. The molecular weight excluding hydrogens is 392 g/mol. The molecule has 0 atom stereocenters. The van der Waals surface area contributed by atoms with Gasteiger partial charge in [0, 0.05) is 24.3 Å². The number of pyridine rings is 1. The van der Waals surface area contributed by atoms with Crippen LogP contribution in [-0.4, -0.2) is 51.2 Å². The lowest BCUT2D eigenvalue weighted by atomic mass is 9.99. The van der Waals surface area contributed by atoms with Crippen molar-refractivity contribution >= 4 is 40.0 Å². The Morgan fingerprint density at radius 2 is 1.76 bits per heavy atom. The van der Waals surface area contributed by atoms with Crippen LogP contribution in [0.1, 0.15) is 0 Å². The second-order valence-electron chi connectivity index (χ2n) is 6.70. The molecule has 0 amide bonds. The average molecular weight is 408 g/mol. The van der Waals surface area contributed by atoms with Gasteiger partial charge in [0.25, 0.3) is 11.1 Å². The third-order valence-electron chi connectivity index (χ3n) is 5.01. The van der Waals surface area contributed by atoms with E-state index in [1.807, 2.05) is 24.3 Å². The molecule has 0 aliphatic carbocycles. The second-order valence-corrected chi connectivity index (χ2v) is 7.10. The maximum absolute atomic E-state index is 12.7. The highest BCUT2D eigenvalue weighted by Gasteiger charge is 2.18. The van der Waals surface area contributed by atoms with Gasteiger partial charge in [0.15, 0.2) is 10.4 Å². The van der Waals surface area contributed by atoms with Crippen LogP contribution >= 0.6 is 12.2 Å². The molecule has 146 valence electrons. The molecule has 4 heterocycles. The molecule has 1 aromatic carbocycles. The van der Waals surface area contributed by atoms with Crippen LogP contribution in [0.15, 0.2) is 40.2 Å². The third kappa shape index (κ3) is 3.02. The Balaban J connectivity index is 1.79. The Bertz CT molecular complexity index is 1400. The molecule has 1 fully saturated rings. The van der Waals surface area contributed by atoms with Gasteiger partial charge in [-0.3, -0.25) is 14.6 Å². The number of hydrogen-bond donors (Lipinski definition) is 3. The van der Waals surface area contributed by atoms with Crippen LogP contribution in [0, 0.1) is 4.77 Å². The Morgan fingerprint density at radius 3 is 2.52 bits per heavy atom. The van der Waals surface area contributed by atoms with Crippen LogP contribution in [0.4, 0.5) is 5.69 Å². The summed E-state index contributed by atoms with van der Waals surface area (Å²) in [6.07, 6.45) is 1.29. The van der Waals surface area contributed by atoms with E-state index in [1.165, 1.54) is 6.33 Å². The van der Waals surface area contributed by atoms with Gasteiger partial charge in [0.1, 0.15) is 5.65 Å². The van der Waals surface area contributed by atoms with Crippen LogP contribution < -0.4 is 16.0 Å². The van der Waals surface area contributed by atoms with Gasteiger partial charge in [-0.05, 0) is 29.9 Å². The van der Waals surface area contributed by atoms with Crippen molar-refractivity contribution in [2.24, 2.45) is 0 Å². The highest BCUT2D eigenvalue weighted by atomic mass is 32.1. The lowest BCUT2D eigenvalue weighted by Gasteiger charge is -2.29. The van der Waals surface area contributed by atoms with Crippen molar-refractivity contribution in [2.75, 3.05) is 31.2 Å². The van der Waals surface area contributed by atoms with Gasteiger partial charge in [-0.1, -0.05) is 12.1 Å². The molecule has 5 rings (SSSR count). The summed E-state index contributed by atoms with van der Waals surface area (Å²) in [5.41, 5.74) is 2.00. The molecule has 0 saturated carbocycles. The molecule has 0 bridgehead atoms. The topological polar surface area (TPSA) is 120 Å². The van der Waals surface area contributed by atoms with Crippen molar-refractivity contribution in [2.45, 2.75) is 0 Å². The number of aromatic amines is 3. The van der Waals surface area contributed by atoms with E-state index in [0.29, 0.717) is 24.3 Å². The summed E-state index contributed by atoms with van der Waals surface area (Å²) < 4.78 is 5.56. The van der Waals surface area contributed by atoms with E-state index in [4.69, 9.17) is 17.0 Å². The zero-order valence-corrected chi connectivity index (χ0v) is 16.0. The van der Waals surface area contributed by atoms with Crippen molar-refractivity contribution in [3.63, 3.8) is 0 Å². The highest BCUT2D eigenvalue weighted by Crippen LogP contribution is 2.31. The zero-order chi connectivity index (χ0) is 20.0. The number of H-pyrrole nitrogens is 3. The number of benzene rings is 1. The van der Waals surface area contributed by atoms with Gasteiger partial charge in [0.2, 0.25) is 0 Å².